The van der Waals surface area contributed by atoms with Gasteiger partial charge in [-0.25, -0.2) is 0 Å². The van der Waals surface area contributed by atoms with Crippen molar-refractivity contribution >= 4 is 17.9 Å². The van der Waals surface area contributed by atoms with Gasteiger partial charge in [0.2, 0.25) is 0 Å². The van der Waals surface area contributed by atoms with E-state index in [-0.39, 0.29) is 31.1 Å². The quantitative estimate of drug-likeness (QED) is 0.0345. The molecule has 59 heavy (non-hydrogen) atoms. The van der Waals surface area contributed by atoms with Crippen molar-refractivity contribution in [3.63, 3.8) is 0 Å². The molecule has 0 radical (unpaired) electrons. The van der Waals surface area contributed by atoms with E-state index >= 15 is 0 Å². The molecule has 6 nitrogen and oxygen atoms in total. The lowest BCUT2D eigenvalue weighted by Gasteiger charge is -2.18. The second-order valence-corrected chi connectivity index (χ2v) is 19.1. The summed E-state index contributed by atoms with van der Waals surface area (Å²) in [4.78, 5) is 37.9. The van der Waals surface area contributed by atoms with E-state index in [1.807, 2.05) is 0 Å². The average Bonchev–Trinajstić information content (AvgIpc) is 3.20. The summed E-state index contributed by atoms with van der Waals surface area (Å²) < 4.78 is 16.8. The van der Waals surface area contributed by atoms with E-state index in [2.05, 4.69) is 34.6 Å². The number of esters is 3. The smallest absolute Gasteiger partial charge is 0.306 e. The Morgan fingerprint density at radius 3 is 0.831 bits per heavy atom. The fraction of sp³-hybridized carbons (Fsp3) is 0.943. The first-order valence-corrected chi connectivity index (χ1v) is 26.2. The van der Waals surface area contributed by atoms with Crippen molar-refractivity contribution in [3.8, 4) is 0 Å². The number of hydrogen-bond donors (Lipinski definition) is 0. The standard InChI is InChI=1S/C53H102O6/c1-6-7-8-9-10-11-17-23-28-33-38-43-51(54)57-46-50(47-58-52(55)44-39-34-29-25-20-22-27-32-37-42-49(4)5)59-53(56)45-40-35-30-24-19-16-14-12-13-15-18-21-26-31-36-41-48(2)3/h48-50H,6-47H2,1-5H3/t50-/m1/s1. The van der Waals surface area contributed by atoms with E-state index < -0.39 is 6.10 Å². The molecule has 6 heteroatoms. The molecule has 0 aliphatic rings. The van der Waals surface area contributed by atoms with E-state index in [0.29, 0.717) is 19.3 Å². The van der Waals surface area contributed by atoms with Gasteiger partial charge in [0, 0.05) is 19.3 Å². The van der Waals surface area contributed by atoms with Crippen LogP contribution in [0.2, 0.25) is 0 Å². The highest BCUT2D eigenvalue weighted by atomic mass is 16.6. The van der Waals surface area contributed by atoms with E-state index in [4.69, 9.17) is 14.2 Å². The first-order valence-electron chi connectivity index (χ1n) is 26.2. The fourth-order valence-electron chi connectivity index (χ4n) is 7.99. The number of rotatable bonds is 47. The second kappa shape index (κ2) is 45.9. The molecule has 0 aromatic heterocycles. The molecule has 0 unspecified atom stereocenters. The molecule has 0 fully saturated rings. The van der Waals surface area contributed by atoms with Crippen LogP contribution in [0.5, 0.6) is 0 Å². The van der Waals surface area contributed by atoms with E-state index in [0.717, 1.165) is 69.6 Å². The number of ether oxygens (including phenoxy) is 3. The molecule has 0 saturated heterocycles. The summed E-state index contributed by atoms with van der Waals surface area (Å²) >= 11 is 0. The Labute approximate surface area is 368 Å². The Hall–Kier alpha value is -1.59. The number of carbonyl (C=O) groups excluding carboxylic acids is 3. The predicted octanol–water partition coefficient (Wildman–Crippen LogP) is 16.9. The van der Waals surface area contributed by atoms with Crippen LogP contribution in [0.1, 0.15) is 291 Å². The summed E-state index contributed by atoms with van der Waals surface area (Å²) in [6.07, 6.45) is 46.6. The zero-order chi connectivity index (χ0) is 43.3. The summed E-state index contributed by atoms with van der Waals surface area (Å²) in [5.41, 5.74) is 0. The maximum atomic E-state index is 12.8. The van der Waals surface area contributed by atoms with Crippen LogP contribution in [0.25, 0.3) is 0 Å². The molecule has 0 rings (SSSR count). The van der Waals surface area contributed by atoms with Crippen LogP contribution in [0, 0.1) is 11.8 Å². The SMILES string of the molecule is CCCCCCCCCCCCCC(=O)OC[C@H](COC(=O)CCCCCCCCCCCC(C)C)OC(=O)CCCCCCCCCCCCCCCCCC(C)C. The average molecular weight is 835 g/mol. The summed E-state index contributed by atoms with van der Waals surface area (Å²) in [7, 11) is 0. The predicted molar refractivity (Wildman–Crippen MR) is 252 cm³/mol. The van der Waals surface area contributed by atoms with E-state index in [9.17, 15) is 14.4 Å². The van der Waals surface area contributed by atoms with Crippen molar-refractivity contribution < 1.29 is 28.6 Å². The molecule has 0 spiro atoms. The molecule has 0 aromatic rings. The first-order chi connectivity index (χ1) is 28.7. The van der Waals surface area contributed by atoms with Gasteiger partial charge in [-0.15, -0.1) is 0 Å². The van der Waals surface area contributed by atoms with Crippen molar-refractivity contribution in [1.82, 2.24) is 0 Å². The molecular weight excluding hydrogens is 733 g/mol. The molecular formula is C53H102O6. The minimum absolute atomic E-state index is 0.0637. The molecule has 0 N–H and O–H groups in total. The lowest BCUT2D eigenvalue weighted by Crippen LogP contribution is -2.30. The van der Waals surface area contributed by atoms with E-state index in [1.165, 1.54) is 180 Å². The van der Waals surface area contributed by atoms with Gasteiger partial charge in [0.1, 0.15) is 13.2 Å². The van der Waals surface area contributed by atoms with Gasteiger partial charge in [0.05, 0.1) is 0 Å². The lowest BCUT2D eigenvalue weighted by atomic mass is 10.0. The summed E-state index contributed by atoms with van der Waals surface area (Å²) in [5, 5.41) is 0. The molecule has 0 amide bonds. The van der Waals surface area contributed by atoms with Gasteiger partial charge < -0.3 is 14.2 Å². The molecule has 350 valence electrons. The molecule has 0 bridgehead atoms. The number of unbranched alkanes of at least 4 members (excludes halogenated alkanes) is 32. The van der Waals surface area contributed by atoms with Crippen molar-refractivity contribution in [2.24, 2.45) is 11.8 Å². The molecule has 0 heterocycles. The monoisotopic (exact) mass is 835 g/mol. The zero-order valence-electron chi connectivity index (χ0n) is 40.4. The van der Waals surface area contributed by atoms with Crippen LogP contribution in [0.15, 0.2) is 0 Å². The lowest BCUT2D eigenvalue weighted by molar-refractivity contribution is -0.167. The molecule has 0 saturated carbocycles. The van der Waals surface area contributed by atoms with Crippen molar-refractivity contribution in [2.75, 3.05) is 13.2 Å². The number of hydrogen-bond acceptors (Lipinski definition) is 6. The largest absolute Gasteiger partial charge is 0.462 e. The zero-order valence-corrected chi connectivity index (χ0v) is 40.4. The van der Waals surface area contributed by atoms with Crippen LogP contribution < -0.4 is 0 Å². The fourth-order valence-corrected chi connectivity index (χ4v) is 7.99. The summed E-state index contributed by atoms with van der Waals surface area (Å²) in [6, 6.07) is 0. The maximum Gasteiger partial charge on any atom is 0.306 e. The second-order valence-electron chi connectivity index (χ2n) is 19.1. The Bertz CT molecular complexity index is 900. The minimum Gasteiger partial charge on any atom is -0.462 e. The third-order valence-corrected chi connectivity index (χ3v) is 12.0. The molecule has 0 aliphatic heterocycles. The van der Waals surface area contributed by atoms with Crippen LogP contribution in [0.4, 0.5) is 0 Å². The van der Waals surface area contributed by atoms with Crippen LogP contribution in [0.3, 0.4) is 0 Å². The highest BCUT2D eigenvalue weighted by molar-refractivity contribution is 5.71. The Kier molecular flexibility index (Phi) is 44.7. The van der Waals surface area contributed by atoms with Gasteiger partial charge in [-0.1, -0.05) is 253 Å². The van der Waals surface area contributed by atoms with Crippen molar-refractivity contribution in [1.29, 1.82) is 0 Å². The Morgan fingerprint density at radius 1 is 0.322 bits per heavy atom. The summed E-state index contributed by atoms with van der Waals surface area (Å²) in [6.45, 7) is 11.4. The van der Waals surface area contributed by atoms with Gasteiger partial charge in [-0.2, -0.15) is 0 Å². The van der Waals surface area contributed by atoms with Gasteiger partial charge in [-0.05, 0) is 31.1 Å². The van der Waals surface area contributed by atoms with Crippen molar-refractivity contribution in [3.05, 3.63) is 0 Å². The molecule has 0 aromatic carbocycles. The van der Waals surface area contributed by atoms with Gasteiger partial charge >= 0.3 is 17.9 Å². The minimum atomic E-state index is -0.761. The third-order valence-electron chi connectivity index (χ3n) is 12.0. The highest BCUT2D eigenvalue weighted by Gasteiger charge is 2.19. The summed E-state index contributed by atoms with van der Waals surface area (Å²) in [5.74, 6) is 0.808. The van der Waals surface area contributed by atoms with Crippen LogP contribution in [-0.4, -0.2) is 37.2 Å². The normalized spacial score (nSPS) is 12.1. The highest BCUT2D eigenvalue weighted by Crippen LogP contribution is 2.17. The number of carbonyl (C=O) groups is 3. The molecule has 1 atom stereocenters. The van der Waals surface area contributed by atoms with E-state index in [1.54, 1.807) is 0 Å². The molecule has 0 aliphatic carbocycles. The van der Waals surface area contributed by atoms with Gasteiger partial charge in [0.15, 0.2) is 6.10 Å². The Balaban J connectivity index is 4.28. The van der Waals surface area contributed by atoms with Crippen LogP contribution >= 0.6 is 0 Å². The third kappa shape index (κ3) is 47.3. The van der Waals surface area contributed by atoms with Gasteiger partial charge in [0.25, 0.3) is 0 Å². The van der Waals surface area contributed by atoms with Crippen LogP contribution in [-0.2, 0) is 28.6 Å². The van der Waals surface area contributed by atoms with Crippen molar-refractivity contribution in [2.45, 2.75) is 298 Å². The first kappa shape index (κ1) is 57.4. The maximum absolute atomic E-state index is 12.8. The van der Waals surface area contributed by atoms with Gasteiger partial charge in [-0.3, -0.25) is 14.4 Å². The Morgan fingerprint density at radius 2 is 0.559 bits per heavy atom. The topological polar surface area (TPSA) is 78.9 Å².